The van der Waals surface area contributed by atoms with Crippen LogP contribution in [0.5, 0.6) is 0 Å². The van der Waals surface area contributed by atoms with E-state index in [0.717, 1.165) is 16.3 Å². The van der Waals surface area contributed by atoms with Crippen molar-refractivity contribution in [3.8, 4) is 0 Å². The summed E-state index contributed by atoms with van der Waals surface area (Å²) >= 11 is 0. The highest BCUT2D eigenvalue weighted by molar-refractivity contribution is 6.71. The molecule has 5 rings (SSSR count). The minimum Gasteiger partial charge on any atom is -0.510 e. The molecule has 0 spiro atoms. The number of rotatable bonds is 6. The van der Waals surface area contributed by atoms with Gasteiger partial charge in [0.2, 0.25) is 5.91 Å². The summed E-state index contributed by atoms with van der Waals surface area (Å²) in [5, 5.41) is 29.8. The van der Waals surface area contributed by atoms with Gasteiger partial charge in [-0.15, -0.1) is 0 Å². The maximum atomic E-state index is 13.0. The van der Waals surface area contributed by atoms with Gasteiger partial charge in [-0.2, -0.15) is 15.2 Å². The number of hydrogen-bond donors (Lipinski definition) is 3. The number of benzene rings is 2. The number of hydrazone groups is 2. The van der Waals surface area contributed by atoms with Crippen LogP contribution in [0, 0.1) is 0 Å². The SMILES string of the molecule is CC1=NN(c2cccc(C(=O)O)c2)C(=O)/C1=N\NC1CC=CC(CC2C(=O)N(C)c3ccccc32)=C1O. The van der Waals surface area contributed by atoms with E-state index in [2.05, 4.69) is 15.6 Å². The number of fused-ring (bicyclic) bond motifs is 1. The zero-order valence-electron chi connectivity index (χ0n) is 20.3. The number of aromatic carboxylic acids is 1. The lowest BCUT2D eigenvalue weighted by atomic mass is 9.89. The average Bonchev–Trinajstić information content (AvgIpc) is 3.32. The Morgan fingerprint density at radius 3 is 2.76 bits per heavy atom. The van der Waals surface area contributed by atoms with Gasteiger partial charge in [0.05, 0.1) is 22.9 Å². The van der Waals surface area contributed by atoms with Crippen molar-refractivity contribution in [1.82, 2.24) is 5.43 Å². The topological polar surface area (TPSA) is 135 Å². The summed E-state index contributed by atoms with van der Waals surface area (Å²) < 4.78 is 0. The highest BCUT2D eigenvalue weighted by Crippen LogP contribution is 2.40. The predicted molar refractivity (Wildman–Crippen MR) is 139 cm³/mol. The first-order valence-electron chi connectivity index (χ1n) is 11.8. The van der Waals surface area contributed by atoms with E-state index in [4.69, 9.17) is 0 Å². The molecule has 3 N–H and O–H groups in total. The summed E-state index contributed by atoms with van der Waals surface area (Å²) in [5.74, 6) is -1.98. The van der Waals surface area contributed by atoms with Gasteiger partial charge >= 0.3 is 11.9 Å². The quantitative estimate of drug-likeness (QED) is 0.522. The first-order chi connectivity index (χ1) is 17.8. The van der Waals surface area contributed by atoms with Crippen LogP contribution in [-0.2, 0) is 9.59 Å². The van der Waals surface area contributed by atoms with Crippen LogP contribution in [0.1, 0.15) is 41.6 Å². The number of nitrogens with one attached hydrogen (secondary N) is 1. The van der Waals surface area contributed by atoms with Crippen LogP contribution in [0.3, 0.4) is 0 Å². The molecule has 10 heteroatoms. The minimum absolute atomic E-state index is 0.0272. The maximum Gasteiger partial charge on any atom is 0.335 e. The fourth-order valence-corrected chi connectivity index (χ4v) is 4.76. The monoisotopic (exact) mass is 499 g/mol. The third-order valence-electron chi connectivity index (χ3n) is 6.73. The second kappa shape index (κ2) is 9.38. The average molecular weight is 500 g/mol. The molecule has 37 heavy (non-hydrogen) atoms. The standard InChI is InChI=1S/C27H25N5O5/c1-15-23(26(35)32(30-15)18-9-5-8-17(13-18)27(36)37)29-28-21-11-6-7-16(24(21)33)14-20-19-10-3-4-12-22(19)31(2)25(20)34/h3-10,12-13,20-21,28,33H,11,14H2,1-2H3,(H,36,37)/b29-23-. The molecule has 2 aliphatic heterocycles. The van der Waals surface area contributed by atoms with E-state index in [1.165, 1.54) is 18.2 Å². The number of nitrogens with zero attached hydrogens (tertiary/aromatic N) is 4. The Kier molecular flexibility index (Phi) is 6.08. The van der Waals surface area contributed by atoms with Crippen LogP contribution >= 0.6 is 0 Å². The van der Waals surface area contributed by atoms with Crippen molar-refractivity contribution in [3.05, 3.63) is 83.1 Å². The lowest BCUT2D eigenvalue weighted by Gasteiger charge is -2.22. The molecular formula is C27H25N5O5. The molecule has 2 aromatic carbocycles. The fraction of sp³-hybridized carbons (Fsp3) is 0.222. The van der Waals surface area contributed by atoms with E-state index in [1.807, 2.05) is 36.4 Å². The van der Waals surface area contributed by atoms with Crippen molar-refractivity contribution < 1.29 is 24.6 Å². The van der Waals surface area contributed by atoms with E-state index in [0.29, 0.717) is 29.8 Å². The number of carbonyl (C=O) groups excluding carboxylic acids is 2. The third kappa shape index (κ3) is 4.26. The van der Waals surface area contributed by atoms with Crippen molar-refractivity contribution in [2.75, 3.05) is 17.0 Å². The summed E-state index contributed by atoms with van der Waals surface area (Å²) in [6, 6.07) is 13.0. The van der Waals surface area contributed by atoms with Crippen LogP contribution in [-0.4, -0.2) is 52.5 Å². The first-order valence-corrected chi connectivity index (χ1v) is 11.8. The van der Waals surface area contributed by atoms with Crippen molar-refractivity contribution in [2.45, 2.75) is 31.7 Å². The highest BCUT2D eigenvalue weighted by Gasteiger charge is 2.36. The van der Waals surface area contributed by atoms with Gasteiger partial charge in [-0.25, -0.2) is 4.79 Å². The Bertz CT molecular complexity index is 1440. The summed E-state index contributed by atoms with van der Waals surface area (Å²) in [5.41, 5.74) is 6.06. The van der Waals surface area contributed by atoms with Gasteiger partial charge in [-0.05, 0) is 55.2 Å². The molecule has 0 saturated carbocycles. The summed E-state index contributed by atoms with van der Waals surface area (Å²) in [4.78, 5) is 38.8. The Hall–Kier alpha value is -4.73. The van der Waals surface area contributed by atoms with Crippen LogP contribution < -0.4 is 15.3 Å². The van der Waals surface area contributed by atoms with Crippen molar-refractivity contribution in [2.24, 2.45) is 10.2 Å². The van der Waals surface area contributed by atoms with E-state index in [1.54, 1.807) is 24.9 Å². The van der Waals surface area contributed by atoms with Crippen LogP contribution in [0.2, 0.25) is 0 Å². The summed E-state index contributed by atoms with van der Waals surface area (Å²) in [6.45, 7) is 1.63. The van der Waals surface area contributed by atoms with Crippen LogP contribution in [0.15, 0.2) is 82.2 Å². The second-order valence-electron chi connectivity index (χ2n) is 9.06. The molecule has 2 amide bonds. The zero-order valence-corrected chi connectivity index (χ0v) is 20.3. The molecule has 0 aromatic heterocycles. The van der Waals surface area contributed by atoms with Gasteiger partial charge in [-0.1, -0.05) is 36.4 Å². The van der Waals surface area contributed by atoms with Gasteiger partial charge in [0.15, 0.2) is 5.71 Å². The Morgan fingerprint density at radius 1 is 1.19 bits per heavy atom. The highest BCUT2D eigenvalue weighted by atomic mass is 16.4. The molecule has 0 fully saturated rings. The first kappa shape index (κ1) is 24.0. The third-order valence-corrected chi connectivity index (χ3v) is 6.73. The maximum absolute atomic E-state index is 13.0. The molecular weight excluding hydrogens is 474 g/mol. The van der Waals surface area contributed by atoms with Crippen LogP contribution in [0.4, 0.5) is 11.4 Å². The Labute approximate surface area is 212 Å². The number of hydrogen-bond acceptors (Lipinski definition) is 7. The lowest BCUT2D eigenvalue weighted by molar-refractivity contribution is -0.119. The van der Waals surface area contributed by atoms with Gasteiger partial charge in [-0.3, -0.25) is 15.0 Å². The fourth-order valence-electron chi connectivity index (χ4n) is 4.76. The minimum atomic E-state index is -1.11. The molecule has 2 atom stereocenters. The van der Waals surface area contributed by atoms with Crippen molar-refractivity contribution in [3.63, 3.8) is 0 Å². The van der Waals surface area contributed by atoms with Gasteiger partial charge in [0.1, 0.15) is 11.8 Å². The number of carboxylic acid groups (broad SMARTS) is 1. The number of para-hydroxylation sites is 1. The smallest absolute Gasteiger partial charge is 0.335 e. The second-order valence-corrected chi connectivity index (χ2v) is 9.06. The van der Waals surface area contributed by atoms with Gasteiger partial charge in [0, 0.05) is 12.7 Å². The summed E-state index contributed by atoms with van der Waals surface area (Å²) in [7, 11) is 1.75. The van der Waals surface area contributed by atoms with E-state index in [9.17, 15) is 24.6 Å². The van der Waals surface area contributed by atoms with Crippen LogP contribution in [0.25, 0.3) is 0 Å². The zero-order chi connectivity index (χ0) is 26.3. The number of carbonyl (C=O) groups is 3. The number of aliphatic hydroxyl groups excluding tert-OH is 1. The van der Waals surface area contributed by atoms with Crippen molar-refractivity contribution >= 4 is 40.6 Å². The molecule has 0 bridgehead atoms. The molecule has 2 unspecified atom stereocenters. The normalized spacial score (nSPS) is 22.1. The molecule has 2 heterocycles. The number of likely N-dealkylation sites (N-methyl/N-ethyl adjacent to an activating group) is 1. The van der Waals surface area contributed by atoms with Gasteiger partial charge < -0.3 is 15.1 Å². The Morgan fingerprint density at radius 2 is 1.97 bits per heavy atom. The summed E-state index contributed by atoms with van der Waals surface area (Å²) in [6.07, 6.45) is 4.49. The molecule has 0 radical (unpaired) electrons. The number of amides is 2. The number of allylic oxidation sites excluding steroid dienone is 2. The van der Waals surface area contributed by atoms with E-state index in [-0.39, 0.29) is 22.9 Å². The lowest BCUT2D eigenvalue weighted by Crippen LogP contribution is -2.34. The Balaban J connectivity index is 1.33. The van der Waals surface area contributed by atoms with E-state index < -0.39 is 23.8 Å². The number of carboxylic acids is 1. The molecule has 1 aliphatic carbocycles. The molecule has 3 aliphatic rings. The van der Waals surface area contributed by atoms with Crippen molar-refractivity contribution in [1.29, 1.82) is 0 Å². The molecule has 10 nitrogen and oxygen atoms in total. The largest absolute Gasteiger partial charge is 0.510 e. The van der Waals surface area contributed by atoms with E-state index >= 15 is 0 Å². The van der Waals surface area contributed by atoms with Gasteiger partial charge in [0.25, 0.3) is 0 Å². The number of aliphatic hydroxyl groups is 1. The number of anilines is 2. The molecule has 2 aromatic rings. The predicted octanol–water partition coefficient (Wildman–Crippen LogP) is 3.34. The molecule has 0 saturated heterocycles. The molecule has 188 valence electrons.